The molecule has 10 heteroatoms. The molecule has 1 N–H and O–H groups in total. The maximum atomic E-state index is 13.2. The van der Waals surface area contributed by atoms with Crippen molar-refractivity contribution in [2.75, 3.05) is 42.8 Å². The second-order valence-electron chi connectivity index (χ2n) is 8.11. The zero-order valence-electron chi connectivity index (χ0n) is 18.6. The van der Waals surface area contributed by atoms with Gasteiger partial charge in [0.15, 0.2) is 9.84 Å². The minimum Gasteiger partial charge on any atom is -0.378 e. The van der Waals surface area contributed by atoms with Gasteiger partial charge in [-0.15, -0.1) is 0 Å². The molecular formula is C22H27N5O4S. The van der Waals surface area contributed by atoms with Crippen molar-refractivity contribution in [1.29, 1.82) is 0 Å². The van der Waals surface area contributed by atoms with Gasteiger partial charge in [0.05, 0.1) is 30.2 Å². The molecule has 1 fully saturated rings. The van der Waals surface area contributed by atoms with Gasteiger partial charge in [-0.2, -0.15) is 0 Å². The molecule has 1 aliphatic heterocycles. The summed E-state index contributed by atoms with van der Waals surface area (Å²) in [5.41, 5.74) is 2.20. The Balaban J connectivity index is 1.84. The fourth-order valence-corrected chi connectivity index (χ4v) is 4.79. The van der Waals surface area contributed by atoms with Crippen LogP contribution in [0.2, 0.25) is 0 Å². The first-order valence-electron chi connectivity index (χ1n) is 10.4. The standard InChI is InChI=1S/C22H27N5O4S/c1-14-12-16(15(2)24-20-18(32(4,29)30)6-5-7-23-20)19-17(13-14)21(28)26(3)22(25-19)27-8-10-31-11-9-27/h5-7,12-13,15H,8-11H2,1-4H3,(H,23,24)/t15-/m1/s1. The van der Waals surface area contributed by atoms with Crippen molar-refractivity contribution in [2.24, 2.45) is 7.05 Å². The molecule has 32 heavy (non-hydrogen) atoms. The summed E-state index contributed by atoms with van der Waals surface area (Å²) in [7, 11) is -1.73. The number of pyridine rings is 1. The molecule has 0 aliphatic carbocycles. The van der Waals surface area contributed by atoms with E-state index in [0.29, 0.717) is 43.2 Å². The Hall–Kier alpha value is -2.98. The van der Waals surface area contributed by atoms with Crippen LogP contribution in [0, 0.1) is 6.92 Å². The summed E-state index contributed by atoms with van der Waals surface area (Å²) in [5.74, 6) is 0.868. The highest BCUT2D eigenvalue weighted by atomic mass is 32.2. The third kappa shape index (κ3) is 4.20. The van der Waals surface area contributed by atoms with E-state index < -0.39 is 9.84 Å². The van der Waals surface area contributed by atoms with Gasteiger partial charge in [-0.1, -0.05) is 6.07 Å². The van der Waals surface area contributed by atoms with Crippen LogP contribution in [0.1, 0.15) is 24.1 Å². The number of benzene rings is 1. The fraction of sp³-hybridized carbons (Fsp3) is 0.409. The molecule has 3 heterocycles. The van der Waals surface area contributed by atoms with Crippen molar-refractivity contribution in [2.45, 2.75) is 24.8 Å². The third-order valence-electron chi connectivity index (χ3n) is 5.61. The maximum absolute atomic E-state index is 13.2. The van der Waals surface area contributed by atoms with Gasteiger partial charge in [-0.3, -0.25) is 9.36 Å². The summed E-state index contributed by atoms with van der Waals surface area (Å²) in [4.78, 5) is 24.5. The van der Waals surface area contributed by atoms with Gasteiger partial charge in [0.1, 0.15) is 10.7 Å². The molecule has 0 unspecified atom stereocenters. The van der Waals surface area contributed by atoms with Crippen LogP contribution in [0.4, 0.5) is 11.8 Å². The number of nitrogens with zero attached hydrogens (tertiary/aromatic N) is 4. The predicted molar refractivity (Wildman–Crippen MR) is 124 cm³/mol. The number of nitrogens with one attached hydrogen (secondary N) is 1. The van der Waals surface area contributed by atoms with E-state index in [9.17, 15) is 13.2 Å². The van der Waals surface area contributed by atoms with E-state index in [4.69, 9.17) is 9.72 Å². The van der Waals surface area contributed by atoms with Crippen LogP contribution in [0.25, 0.3) is 10.9 Å². The molecule has 1 aromatic carbocycles. The molecule has 0 saturated carbocycles. The van der Waals surface area contributed by atoms with E-state index in [0.717, 1.165) is 17.4 Å². The second-order valence-corrected chi connectivity index (χ2v) is 10.1. The van der Waals surface area contributed by atoms with Crippen molar-refractivity contribution in [3.8, 4) is 0 Å². The van der Waals surface area contributed by atoms with Crippen LogP contribution in [0.15, 0.2) is 40.2 Å². The van der Waals surface area contributed by atoms with Crippen LogP contribution in [-0.4, -0.2) is 55.5 Å². The van der Waals surface area contributed by atoms with Crippen LogP contribution < -0.4 is 15.8 Å². The van der Waals surface area contributed by atoms with E-state index in [1.165, 1.54) is 6.07 Å². The van der Waals surface area contributed by atoms with E-state index in [1.54, 1.807) is 23.9 Å². The molecule has 0 bridgehead atoms. The molecule has 0 amide bonds. The van der Waals surface area contributed by atoms with Gasteiger partial charge in [0.2, 0.25) is 5.95 Å². The van der Waals surface area contributed by atoms with Crippen molar-refractivity contribution in [3.63, 3.8) is 0 Å². The quantitative estimate of drug-likeness (QED) is 0.621. The van der Waals surface area contributed by atoms with Crippen LogP contribution in [0.3, 0.4) is 0 Å². The number of rotatable bonds is 5. The highest BCUT2D eigenvalue weighted by Crippen LogP contribution is 2.29. The van der Waals surface area contributed by atoms with E-state index >= 15 is 0 Å². The first-order valence-corrected chi connectivity index (χ1v) is 12.3. The lowest BCUT2D eigenvalue weighted by Gasteiger charge is -2.29. The monoisotopic (exact) mass is 457 g/mol. The van der Waals surface area contributed by atoms with Crippen LogP contribution in [0.5, 0.6) is 0 Å². The zero-order chi connectivity index (χ0) is 23.0. The molecule has 0 radical (unpaired) electrons. The number of morpholine rings is 1. The van der Waals surface area contributed by atoms with E-state index in [1.807, 2.05) is 30.9 Å². The number of aryl methyl sites for hydroxylation is 1. The Kier molecular flexibility index (Phi) is 5.91. The highest BCUT2D eigenvalue weighted by Gasteiger charge is 2.22. The minimum absolute atomic E-state index is 0.122. The Labute approximate surface area is 187 Å². The lowest BCUT2D eigenvalue weighted by Crippen LogP contribution is -2.40. The second kappa shape index (κ2) is 8.51. The molecule has 1 aliphatic rings. The molecule has 170 valence electrons. The maximum Gasteiger partial charge on any atom is 0.262 e. The number of hydrogen-bond acceptors (Lipinski definition) is 8. The molecule has 2 aromatic heterocycles. The van der Waals surface area contributed by atoms with Crippen LogP contribution in [-0.2, 0) is 21.6 Å². The average Bonchev–Trinajstić information content (AvgIpc) is 2.76. The Bertz CT molecular complexity index is 1330. The van der Waals surface area contributed by atoms with Gasteiger partial charge in [-0.25, -0.2) is 18.4 Å². The van der Waals surface area contributed by atoms with Gasteiger partial charge >= 0.3 is 0 Å². The number of aromatic nitrogens is 3. The summed E-state index contributed by atoms with van der Waals surface area (Å²) >= 11 is 0. The summed E-state index contributed by atoms with van der Waals surface area (Å²) in [6, 6.07) is 6.58. The number of hydrogen-bond donors (Lipinski definition) is 1. The minimum atomic E-state index is -3.46. The normalized spacial score (nSPS) is 15.7. The molecule has 3 aromatic rings. The smallest absolute Gasteiger partial charge is 0.262 e. The number of sulfone groups is 1. The molecule has 4 rings (SSSR count). The third-order valence-corrected chi connectivity index (χ3v) is 6.74. The first-order chi connectivity index (χ1) is 15.2. The molecule has 0 spiro atoms. The number of anilines is 2. The highest BCUT2D eigenvalue weighted by molar-refractivity contribution is 7.90. The number of ether oxygens (including phenoxy) is 1. The molecular weight excluding hydrogens is 430 g/mol. The van der Waals surface area contributed by atoms with E-state index in [-0.39, 0.29) is 22.3 Å². The molecule has 1 saturated heterocycles. The topological polar surface area (TPSA) is 106 Å². The van der Waals surface area contributed by atoms with Crippen molar-refractivity contribution >= 4 is 32.5 Å². The largest absolute Gasteiger partial charge is 0.378 e. The van der Waals surface area contributed by atoms with Crippen molar-refractivity contribution in [1.82, 2.24) is 14.5 Å². The molecule has 1 atom stereocenters. The Morgan fingerprint density at radius 3 is 2.62 bits per heavy atom. The predicted octanol–water partition coefficient (Wildman–Crippen LogP) is 2.05. The summed E-state index contributed by atoms with van der Waals surface area (Å²) < 4.78 is 31.4. The van der Waals surface area contributed by atoms with Gasteiger partial charge in [-0.05, 0) is 37.6 Å². The van der Waals surface area contributed by atoms with Gasteiger partial charge < -0.3 is 15.0 Å². The van der Waals surface area contributed by atoms with Gasteiger partial charge in [0, 0.05) is 38.2 Å². The Morgan fingerprint density at radius 1 is 1.22 bits per heavy atom. The molecule has 9 nitrogen and oxygen atoms in total. The van der Waals surface area contributed by atoms with Crippen molar-refractivity contribution < 1.29 is 13.2 Å². The number of fused-ring (bicyclic) bond motifs is 1. The SMILES string of the molecule is Cc1cc([C@@H](C)Nc2ncccc2S(C)(=O)=O)c2nc(N3CCOCC3)n(C)c(=O)c2c1. The average molecular weight is 458 g/mol. The van der Waals surface area contributed by atoms with Gasteiger partial charge in [0.25, 0.3) is 5.56 Å². The lowest BCUT2D eigenvalue weighted by molar-refractivity contribution is 0.121. The lowest BCUT2D eigenvalue weighted by atomic mass is 10.0. The summed E-state index contributed by atoms with van der Waals surface area (Å²) in [5, 5.41) is 3.74. The first kappa shape index (κ1) is 22.2. The Morgan fingerprint density at radius 2 is 1.94 bits per heavy atom. The zero-order valence-corrected chi connectivity index (χ0v) is 19.4. The fourth-order valence-electron chi connectivity index (χ4n) is 4.00. The van der Waals surface area contributed by atoms with Crippen LogP contribution >= 0.6 is 0 Å². The van der Waals surface area contributed by atoms with Crippen molar-refractivity contribution in [3.05, 3.63) is 51.9 Å². The summed E-state index contributed by atoms with van der Waals surface area (Å²) in [6.07, 6.45) is 2.70. The van der Waals surface area contributed by atoms with E-state index in [2.05, 4.69) is 10.3 Å². The summed E-state index contributed by atoms with van der Waals surface area (Å²) in [6.45, 7) is 6.32.